The highest BCUT2D eigenvalue weighted by Gasteiger charge is 2.47. The van der Waals surface area contributed by atoms with E-state index in [9.17, 15) is 14.7 Å². The van der Waals surface area contributed by atoms with E-state index in [2.05, 4.69) is 4.98 Å². The number of carbonyl (C=O) groups is 2. The Labute approximate surface area is 186 Å². The highest BCUT2D eigenvalue weighted by molar-refractivity contribution is 6.51. The van der Waals surface area contributed by atoms with Crippen molar-refractivity contribution in [3.63, 3.8) is 0 Å². The quantitative estimate of drug-likeness (QED) is 0.351. The van der Waals surface area contributed by atoms with Crippen LogP contribution in [0.4, 0.5) is 5.69 Å². The predicted molar refractivity (Wildman–Crippen MR) is 122 cm³/mol. The number of nitrogens with zero attached hydrogens (tertiary/aromatic N) is 2. The van der Waals surface area contributed by atoms with E-state index in [-0.39, 0.29) is 11.3 Å². The van der Waals surface area contributed by atoms with Crippen molar-refractivity contribution >= 4 is 23.1 Å². The van der Waals surface area contributed by atoms with Crippen LogP contribution >= 0.6 is 0 Å². The van der Waals surface area contributed by atoms with Crippen molar-refractivity contribution in [3.05, 3.63) is 95.3 Å². The first-order valence-corrected chi connectivity index (χ1v) is 10.6. The third-order valence-electron chi connectivity index (χ3n) is 5.45. The summed E-state index contributed by atoms with van der Waals surface area (Å²) >= 11 is 0. The second kappa shape index (κ2) is 9.06. The SMILES string of the molecule is CCOc1cccc(/C(O)=C2/C(=O)C(=O)N(c3ccc(CC)cc3)C2c2ccccn2)c1. The lowest BCUT2D eigenvalue weighted by molar-refractivity contribution is -0.132. The fourth-order valence-corrected chi connectivity index (χ4v) is 3.86. The molecule has 0 radical (unpaired) electrons. The summed E-state index contributed by atoms with van der Waals surface area (Å²) in [6, 6.07) is 18.8. The molecule has 6 nitrogen and oxygen atoms in total. The number of Topliss-reactive ketones (excluding diaryl/α,β-unsaturated/α-hetero) is 1. The number of amides is 1. The molecular weight excluding hydrogens is 404 g/mol. The number of rotatable bonds is 6. The third-order valence-corrected chi connectivity index (χ3v) is 5.45. The number of benzene rings is 2. The van der Waals surface area contributed by atoms with Crippen molar-refractivity contribution < 1.29 is 19.4 Å². The van der Waals surface area contributed by atoms with Gasteiger partial charge in [0.2, 0.25) is 0 Å². The van der Waals surface area contributed by atoms with Crippen LogP contribution in [0.15, 0.2) is 78.5 Å². The van der Waals surface area contributed by atoms with Crippen molar-refractivity contribution in [2.45, 2.75) is 26.3 Å². The number of hydrogen-bond donors (Lipinski definition) is 1. The molecule has 2 heterocycles. The van der Waals surface area contributed by atoms with Crippen LogP contribution in [0.25, 0.3) is 5.76 Å². The average Bonchev–Trinajstić information content (AvgIpc) is 3.10. The molecule has 0 bridgehead atoms. The van der Waals surface area contributed by atoms with Gasteiger partial charge >= 0.3 is 0 Å². The number of ether oxygens (including phenoxy) is 1. The number of anilines is 1. The van der Waals surface area contributed by atoms with E-state index in [4.69, 9.17) is 4.74 Å². The molecule has 1 fully saturated rings. The fraction of sp³-hybridized carbons (Fsp3) is 0.192. The van der Waals surface area contributed by atoms with Crippen molar-refractivity contribution in [2.75, 3.05) is 11.5 Å². The summed E-state index contributed by atoms with van der Waals surface area (Å²) < 4.78 is 5.52. The van der Waals surface area contributed by atoms with Crippen LogP contribution in [-0.2, 0) is 16.0 Å². The van der Waals surface area contributed by atoms with Crippen molar-refractivity contribution in [1.29, 1.82) is 0 Å². The number of aliphatic hydroxyl groups is 1. The number of ketones is 1. The highest BCUT2D eigenvalue weighted by atomic mass is 16.5. The largest absolute Gasteiger partial charge is 0.507 e. The molecule has 1 aliphatic heterocycles. The summed E-state index contributed by atoms with van der Waals surface area (Å²) in [4.78, 5) is 32.1. The molecule has 0 aliphatic carbocycles. The van der Waals surface area contributed by atoms with Gasteiger partial charge in [-0.15, -0.1) is 0 Å². The summed E-state index contributed by atoms with van der Waals surface area (Å²) in [5.41, 5.74) is 2.58. The first kappa shape index (κ1) is 21.3. The molecule has 1 aromatic heterocycles. The maximum absolute atomic E-state index is 13.2. The van der Waals surface area contributed by atoms with Gasteiger partial charge in [0.1, 0.15) is 17.6 Å². The molecule has 1 unspecified atom stereocenters. The molecule has 162 valence electrons. The van der Waals surface area contributed by atoms with Gasteiger partial charge in [0.25, 0.3) is 11.7 Å². The molecule has 2 aromatic carbocycles. The molecule has 1 saturated heterocycles. The van der Waals surface area contributed by atoms with Crippen LogP contribution in [0.5, 0.6) is 5.75 Å². The molecule has 0 spiro atoms. The van der Waals surface area contributed by atoms with Gasteiger partial charge in [0.15, 0.2) is 0 Å². The van der Waals surface area contributed by atoms with E-state index >= 15 is 0 Å². The zero-order valence-electron chi connectivity index (χ0n) is 18.0. The topological polar surface area (TPSA) is 79.7 Å². The highest BCUT2D eigenvalue weighted by Crippen LogP contribution is 2.41. The Kier molecular flexibility index (Phi) is 6.03. The Morgan fingerprint density at radius 2 is 1.81 bits per heavy atom. The van der Waals surface area contributed by atoms with Gasteiger partial charge in [-0.25, -0.2) is 0 Å². The van der Waals surface area contributed by atoms with Gasteiger partial charge in [-0.05, 0) is 55.3 Å². The minimum Gasteiger partial charge on any atom is -0.507 e. The normalized spacial score (nSPS) is 17.6. The molecule has 0 saturated carbocycles. The maximum Gasteiger partial charge on any atom is 0.300 e. The van der Waals surface area contributed by atoms with Crippen LogP contribution in [0.3, 0.4) is 0 Å². The van der Waals surface area contributed by atoms with Crippen LogP contribution in [0.2, 0.25) is 0 Å². The van der Waals surface area contributed by atoms with Crippen molar-refractivity contribution in [2.24, 2.45) is 0 Å². The van der Waals surface area contributed by atoms with E-state index in [1.54, 1.807) is 48.7 Å². The van der Waals surface area contributed by atoms with Crippen LogP contribution in [0.1, 0.15) is 36.7 Å². The Hall–Kier alpha value is -3.93. The Morgan fingerprint density at radius 3 is 2.47 bits per heavy atom. The van der Waals surface area contributed by atoms with E-state index in [0.29, 0.717) is 29.3 Å². The van der Waals surface area contributed by atoms with Gasteiger partial charge in [-0.1, -0.05) is 37.3 Å². The smallest absolute Gasteiger partial charge is 0.300 e. The van der Waals surface area contributed by atoms with Crippen molar-refractivity contribution in [3.8, 4) is 5.75 Å². The molecule has 32 heavy (non-hydrogen) atoms. The summed E-state index contributed by atoms with van der Waals surface area (Å²) in [6.45, 7) is 4.38. The number of aliphatic hydroxyl groups excluding tert-OH is 1. The minimum absolute atomic E-state index is 0.00177. The third kappa shape index (κ3) is 3.87. The number of aryl methyl sites for hydroxylation is 1. The second-order valence-electron chi connectivity index (χ2n) is 7.40. The van der Waals surface area contributed by atoms with Gasteiger partial charge in [-0.3, -0.25) is 19.5 Å². The number of aromatic nitrogens is 1. The minimum atomic E-state index is -0.848. The van der Waals surface area contributed by atoms with Gasteiger partial charge in [-0.2, -0.15) is 0 Å². The molecule has 3 aromatic rings. The molecule has 4 rings (SSSR count). The Morgan fingerprint density at radius 1 is 1.03 bits per heavy atom. The van der Waals surface area contributed by atoms with Crippen LogP contribution in [0, 0.1) is 0 Å². The van der Waals surface area contributed by atoms with Gasteiger partial charge in [0.05, 0.1) is 17.9 Å². The molecule has 1 N–H and O–H groups in total. The first-order chi connectivity index (χ1) is 15.5. The second-order valence-corrected chi connectivity index (χ2v) is 7.40. The predicted octanol–water partition coefficient (Wildman–Crippen LogP) is 4.67. The standard InChI is InChI=1S/C26H24N2O4/c1-3-17-11-13-19(14-12-17)28-23(21-10-5-6-15-27-21)22(25(30)26(28)31)24(29)18-8-7-9-20(16-18)32-4-2/h5-16,23,29H,3-4H2,1-2H3/b24-22-. The molecule has 1 aliphatic rings. The van der Waals surface area contributed by atoms with Gasteiger partial charge < -0.3 is 9.84 Å². The lowest BCUT2D eigenvalue weighted by Gasteiger charge is -2.24. The molecule has 6 heteroatoms. The molecule has 1 amide bonds. The number of hydrogen-bond acceptors (Lipinski definition) is 5. The summed E-state index contributed by atoms with van der Waals surface area (Å²) in [5, 5.41) is 11.2. The van der Waals surface area contributed by atoms with E-state index in [0.717, 1.165) is 12.0 Å². The van der Waals surface area contributed by atoms with E-state index in [1.165, 1.54) is 4.90 Å². The summed E-state index contributed by atoms with van der Waals surface area (Å²) in [6.07, 6.45) is 2.46. The summed E-state index contributed by atoms with van der Waals surface area (Å²) in [5.74, 6) is -1.14. The Bertz CT molecular complexity index is 1170. The fourth-order valence-electron chi connectivity index (χ4n) is 3.86. The maximum atomic E-state index is 13.2. The lowest BCUT2D eigenvalue weighted by Crippen LogP contribution is -2.29. The number of pyridine rings is 1. The van der Waals surface area contributed by atoms with Gasteiger partial charge in [0, 0.05) is 17.4 Å². The molecular formula is C26H24N2O4. The zero-order valence-corrected chi connectivity index (χ0v) is 18.0. The van der Waals surface area contributed by atoms with Crippen LogP contribution in [-0.4, -0.2) is 28.4 Å². The number of carbonyl (C=O) groups excluding carboxylic acids is 2. The average molecular weight is 428 g/mol. The first-order valence-electron chi connectivity index (χ1n) is 10.6. The molecule has 1 atom stereocenters. The summed E-state index contributed by atoms with van der Waals surface area (Å²) in [7, 11) is 0. The van der Waals surface area contributed by atoms with Crippen LogP contribution < -0.4 is 9.64 Å². The van der Waals surface area contributed by atoms with Crippen molar-refractivity contribution in [1.82, 2.24) is 4.98 Å². The monoisotopic (exact) mass is 428 g/mol. The van der Waals surface area contributed by atoms with E-state index < -0.39 is 17.7 Å². The lowest BCUT2D eigenvalue weighted by atomic mass is 9.98. The van der Waals surface area contributed by atoms with E-state index in [1.807, 2.05) is 38.1 Å². The zero-order chi connectivity index (χ0) is 22.7. The Balaban J connectivity index is 1.89.